The standard InChI is InChI=1S/C10H12N2O2S/c1-10(2,6-11)12-9(13)8-4-7(14-3)5-15-8/h4-5H,1-3H3,(H,12,13). The van der Waals surface area contributed by atoms with Gasteiger partial charge in [0.2, 0.25) is 0 Å². The fourth-order valence-corrected chi connectivity index (χ4v) is 1.67. The van der Waals surface area contributed by atoms with Crippen LogP contribution in [0.1, 0.15) is 23.5 Å². The second-order valence-electron chi connectivity index (χ2n) is 3.54. The van der Waals surface area contributed by atoms with Gasteiger partial charge in [-0.3, -0.25) is 4.79 Å². The maximum absolute atomic E-state index is 11.6. The average molecular weight is 224 g/mol. The first kappa shape index (κ1) is 11.5. The molecule has 1 amide bonds. The van der Waals surface area contributed by atoms with Gasteiger partial charge in [0.25, 0.3) is 5.91 Å². The number of hydrogen-bond acceptors (Lipinski definition) is 4. The molecular weight excluding hydrogens is 212 g/mol. The molecule has 0 bridgehead atoms. The SMILES string of the molecule is COc1csc(C(=O)NC(C)(C)C#N)c1. The number of thiophene rings is 1. The van der Waals surface area contributed by atoms with E-state index in [1.165, 1.54) is 11.3 Å². The van der Waals surface area contributed by atoms with Crippen molar-refractivity contribution in [1.82, 2.24) is 5.32 Å². The van der Waals surface area contributed by atoms with Crippen LogP contribution in [0.5, 0.6) is 5.75 Å². The molecule has 0 unspecified atom stereocenters. The van der Waals surface area contributed by atoms with Gasteiger partial charge in [0.05, 0.1) is 18.1 Å². The third-order valence-corrected chi connectivity index (χ3v) is 2.65. The summed E-state index contributed by atoms with van der Waals surface area (Å²) in [5, 5.41) is 13.1. The predicted octanol–water partition coefficient (Wildman–Crippen LogP) is 1.79. The van der Waals surface area contributed by atoms with E-state index in [1.54, 1.807) is 32.4 Å². The van der Waals surface area contributed by atoms with Crippen LogP contribution >= 0.6 is 11.3 Å². The summed E-state index contributed by atoms with van der Waals surface area (Å²) in [6.45, 7) is 3.30. The number of amides is 1. The number of methoxy groups -OCH3 is 1. The number of carbonyl (C=O) groups excluding carboxylic acids is 1. The zero-order valence-corrected chi connectivity index (χ0v) is 9.64. The van der Waals surface area contributed by atoms with Crippen molar-refractivity contribution < 1.29 is 9.53 Å². The van der Waals surface area contributed by atoms with E-state index in [1.807, 2.05) is 6.07 Å². The quantitative estimate of drug-likeness (QED) is 0.851. The molecule has 0 aliphatic heterocycles. The van der Waals surface area contributed by atoms with E-state index in [2.05, 4.69) is 5.32 Å². The highest BCUT2D eigenvalue weighted by atomic mass is 32.1. The summed E-state index contributed by atoms with van der Waals surface area (Å²) in [6, 6.07) is 3.65. The summed E-state index contributed by atoms with van der Waals surface area (Å²) < 4.78 is 4.97. The number of rotatable bonds is 3. The van der Waals surface area contributed by atoms with Crippen molar-refractivity contribution >= 4 is 17.2 Å². The number of ether oxygens (including phenoxy) is 1. The minimum absolute atomic E-state index is 0.255. The van der Waals surface area contributed by atoms with Crippen LogP contribution in [0.3, 0.4) is 0 Å². The second-order valence-corrected chi connectivity index (χ2v) is 4.45. The molecule has 0 saturated heterocycles. The summed E-state index contributed by atoms with van der Waals surface area (Å²) in [5.74, 6) is 0.398. The molecule has 15 heavy (non-hydrogen) atoms. The molecule has 1 aromatic heterocycles. The Morgan fingerprint density at radius 1 is 1.67 bits per heavy atom. The Balaban J connectivity index is 2.74. The largest absolute Gasteiger partial charge is 0.496 e. The first-order valence-corrected chi connectivity index (χ1v) is 5.23. The van der Waals surface area contributed by atoms with Crippen LogP contribution in [0.15, 0.2) is 11.4 Å². The van der Waals surface area contributed by atoms with E-state index in [-0.39, 0.29) is 5.91 Å². The highest BCUT2D eigenvalue weighted by Crippen LogP contribution is 2.21. The third-order valence-electron chi connectivity index (χ3n) is 1.74. The Kier molecular flexibility index (Phi) is 3.32. The van der Waals surface area contributed by atoms with Crippen molar-refractivity contribution in [3.05, 3.63) is 16.3 Å². The first-order valence-electron chi connectivity index (χ1n) is 4.35. The lowest BCUT2D eigenvalue weighted by molar-refractivity contribution is 0.0933. The number of nitriles is 1. The van der Waals surface area contributed by atoms with Gasteiger partial charge >= 0.3 is 0 Å². The van der Waals surface area contributed by atoms with Gasteiger partial charge in [-0.1, -0.05) is 0 Å². The van der Waals surface area contributed by atoms with Crippen molar-refractivity contribution in [3.8, 4) is 11.8 Å². The molecule has 1 aromatic rings. The lowest BCUT2D eigenvalue weighted by Crippen LogP contribution is -2.41. The minimum Gasteiger partial charge on any atom is -0.496 e. The van der Waals surface area contributed by atoms with E-state index in [0.717, 1.165) is 0 Å². The van der Waals surface area contributed by atoms with E-state index in [0.29, 0.717) is 10.6 Å². The Labute approximate surface area is 92.5 Å². The highest BCUT2D eigenvalue weighted by molar-refractivity contribution is 7.12. The van der Waals surface area contributed by atoms with Crippen molar-refractivity contribution in [1.29, 1.82) is 5.26 Å². The minimum atomic E-state index is -0.853. The van der Waals surface area contributed by atoms with Gasteiger partial charge in [-0.15, -0.1) is 11.3 Å². The summed E-state index contributed by atoms with van der Waals surface area (Å²) in [5.41, 5.74) is -0.853. The Hall–Kier alpha value is -1.54. The van der Waals surface area contributed by atoms with Crippen LogP contribution < -0.4 is 10.1 Å². The second kappa shape index (κ2) is 4.32. The van der Waals surface area contributed by atoms with Crippen LogP contribution in [0, 0.1) is 11.3 Å². The summed E-state index contributed by atoms with van der Waals surface area (Å²) in [4.78, 5) is 12.2. The number of nitrogens with zero attached hydrogens (tertiary/aromatic N) is 1. The molecule has 4 nitrogen and oxygen atoms in total. The van der Waals surface area contributed by atoms with E-state index in [9.17, 15) is 4.79 Å². The lowest BCUT2D eigenvalue weighted by Gasteiger charge is -2.16. The zero-order chi connectivity index (χ0) is 11.5. The van der Waals surface area contributed by atoms with Gasteiger partial charge in [0.15, 0.2) is 0 Å². The smallest absolute Gasteiger partial charge is 0.262 e. The fourth-order valence-electron chi connectivity index (χ4n) is 0.918. The van der Waals surface area contributed by atoms with E-state index < -0.39 is 5.54 Å². The number of carbonyl (C=O) groups is 1. The first-order chi connectivity index (χ1) is 6.98. The van der Waals surface area contributed by atoms with Gasteiger partial charge in [-0.25, -0.2) is 0 Å². The van der Waals surface area contributed by atoms with Gasteiger partial charge in [0.1, 0.15) is 11.3 Å². The fraction of sp³-hybridized carbons (Fsp3) is 0.400. The molecule has 0 saturated carbocycles. The molecule has 0 aliphatic rings. The van der Waals surface area contributed by atoms with Crippen LogP contribution in [0.25, 0.3) is 0 Å². The molecule has 1 rings (SSSR count). The Morgan fingerprint density at radius 3 is 2.80 bits per heavy atom. The van der Waals surface area contributed by atoms with Gasteiger partial charge in [-0.05, 0) is 13.8 Å². The third kappa shape index (κ3) is 2.96. The summed E-state index contributed by atoms with van der Waals surface area (Å²) in [7, 11) is 1.54. The molecule has 0 aliphatic carbocycles. The highest BCUT2D eigenvalue weighted by Gasteiger charge is 2.21. The van der Waals surface area contributed by atoms with Crippen LogP contribution in [-0.4, -0.2) is 18.6 Å². The molecule has 0 aromatic carbocycles. The van der Waals surface area contributed by atoms with Gasteiger partial charge in [-0.2, -0.15) is 5.26 Å². The van der Waals surface area contributed by atoms with Crippen LogP contribution in [0.4, 0.5) is 0 Å². The predicted molar refractivity (Wildman–Crippen MR) is 58.0 cm³/mol. The topological polar surface area (TPSA) is 62.1 Å². The van der Waals surface area contributed by atoms with Gasteiger partial charge in [0, 0.05) is 11.4 Å². The molecule has 0 atom stereocenters. The molecule has 1 N–H and O–H groups in total. The molecule has 80 valence electrons. The number of nitrogens with one attached hydrogen (secondary N) is 1. The normalized spacial score (nSPS) is 10.5. The average Bonchev–Trinajstić information content (AvgIpc) is 2.65. The Morgan fingerprint density at radius 2 is 2.33 bits per heavy atom. The maximum atomic E-state index is 11.6. The maximum Gasteiger partial charge on any atom is 0.262 e. The zero-order valence-electron chi connectivity index (χ0n) is 8.83. The molecule has 1 heterocycles. The molecule has 5 heteroatoms. The lowest BCUT2D eigenvalue weighted by atomic mass is 10.1. The molecule has 0 radical (unpaired) electrons. The van der Waals surface area contributed by atoms with Crippen molar-refractivity contribution in [2.75, 3.05) is 7.11 Å². The van der Waals surface area contributed by atoms with Crippen molar-refractivity contribution in [3.63, 3.8) is 0 Å². The number of hydrogen-bond donors (Lipinski definition) is 1. The summed E-state index contributed by atoms with van der Waals surface area (Å²) in [6.07, 6.45) is 0. The molecule has 0 fully saturated rings. The van der Waals surface area contributed by atoms with Gasteiger partial charge < -0.3 is 10.1 Å². The summed E-state index contributed by atoms with van der Waals surface area (Å²) >= 11 is 1.29. The van der Waals surface area contributed by atoms with Crippen LogP contribution in [0.2, 0.25) is 0 Å². The van der Waals surface area contributed by atoms with E-state index in [4.69, 9.17) is 10.00 Å². The van der Waals surface area contributed by atoms with Crippen LogP contribution in [-0.2, 0) is 0 Å². The molecule has 0 spiro atoms. The van der Waals surface area contributed by atoms with Crippen molar-refractivity contribution in [2.45, 2.75) is 19.4 Å². The molecular formula is C10H12N2O2S. The monoisotopic (exact) mass is 224 g/mol. The van der Waals surface area contributed by atoms with E-state index >= 15 is 0 Å². The Bertz CT molecular complexity index is 404. The van der Waals surface area contributed by atoms with Crippen molar-refractivity contribution in [2.24, 2.45) is 0 Å².